The topological polar surface area (TPSA) is 376 Å². The van der Waals surface area contributed by atoms with Crippen molar-refractivity contribution in [3.63, 3.8) is 0 Å². The van der Waals surface area contributed by atoms with Crippen LogP contribution in [-0.4, -0.2) is 98.7 Å². The summed E-state index contributed by atoms with van der Waals surface area (Å²) in [7, 11) is 0. The summed E-state index contributed by atoms with van der Waals surface area (Å²) >= 11 is 0. The predicted molar refractivity (Wildman–Crippen MR) is 369 cm³/mol. The number of nitrogens with one attached hydrogen (secondary N) is 2. The molecule has 8 aromatic rings. The number of ketones is 2. The van der Waals surface area contributed by atoms with Crippen LogP contribution in [0.3, 0.4) is 0 Å². The number of rotatable bonds is 5. The lowest BCUT2D eigenvalue weighted by atomic mass is 9.81. The van der Waals surface area contributed by atoms with Crippen molar-refractivity contribution in [3.8, 4) is 22.8 Å². The first-order valence-electron chi connectivity index (χ1n) is 35.2. The Bertz CT molecular complexity index is 5710. The van der Waals surface area contributed by atoms with Gasteiger partial charge in [0.25, 0.3) is 16.7 Å². The summed E-state index contributed by atoms with van der Waals surface area (Å²) in [5.74, 6) is -9.00. The van der Waals surface area contributed by atoms with Gasteiger partial charge in [-0.15, -0.1) is 0 Å². The van der Waals surface area contributed by atoms with Crippen LogP contribution in [0.25, 0.3) is 44.6 Å². The number of alkyl halides is 6. The van der Waals surface area contributed by atoms with Crippen molar-refractivity contribution in [1.82, 2.24) is 34.3 Å². The number of amides is 2. The number of benzene rings is 3. The van der Waals surface area contributed by atoms with E-state index >= 15 is 0 Å². The molecule has 2 unspecified atom stereocenters. The molecular weight excluding hydrogens is 1470 g/mol. The fourth-order valence-corrected chi connectivity index (χ4v) is 16.6. The van der Waals surface area contributed by atoms with Crippen LogP contribution in [0, 0.1) is 38.2 Å². The Morgan fingerprint density at radius 2 is 0.900 bits per heavy atom. The van der Waals surface area contributed by atoms with Crippen LogP contribution in [0.15, 0.2) is 50.8 Å². The number of cyclic esters (lactones) is 3. The number of aromatic nitrogens is 5. The van der Waals surface area contributed by atoms with Crippen LogP contribution < -0.4 is 38.8 Å². The summed E-state index contributed by atoms with van der Waals surface area (Å²) < 4.78 is 139. The maximum atomic E-state index is 14.8. The number of hydrogen-bond donors (Lipinski definition) is 7. The second-order valence-electron chi connectivity index (χ2n) is 28.5. The summed E-state index contributed by atoms with van der Waals surface area (Å²) in [5.41, 5.74) is 14.3. The smallest absolute Gasteiger partial charge is 0.458 e. The molecule has 2 amide bonds. The first-order valence-corrected chi connectivity index (χ1v) is 35.2. The van der Waals surface area contributed by atoms with Crippen molar-refractivity contribution in [2.45, 2.75) is 192 Å². The highest BCUT2D eigenvalue weighted by atomic mass is 19.4. The second-order valence-corrected chi connectivity index (χ2v) is 28.5. The molecule has 0 bridgehead atoms. The van der Waals surface area contributed by atoms with Gasteiger partial charge in [0.2, 0.25) is 0 Å². The molecule has 34 heteroatoms. The molecular formula is C76H68F9N9O16. The van der Waals surface area contributed by atoms with Crippen LogP contribution in [0.2, 0.25) is 0 Å². The zero-order valence-corrected chi connectivity index (χ0v) is 59.5. The molecule has 17 rings (SSSR count). The number of aryl methyl sites for hydroxylation is 2. The molecule has 9 aliphatic rings. The van der Waals surface area contributed by atoms with Crippen molar-refractivity contribution in [1.29, 1.82) is 0 Å². The van der Waals surface area contributed by atoms with E-state index in [0.29, 0.717) is 75.1 Å². The van der Waals surface area contributed by atoms with Gasteiger partial charge in [-0.25, -0.2) is 37.5 Å². The van der Waals surface area contributed by atoms with Gasteiger partial charge in [-0.2, -0.15) is 26.3 Å². The van der Waals surface area contributed by atoms with Crippen LogP contribution in [0.5, 0.6) is 0 Å². The monoisotopic (exact) mass is 1530 g/mol. The molecule has 5 aromatic heterocycles. The molecule has 25 nitrogen and oxygen atoms in total. The zero-order valence-electron chi connectivity index (χ0n) is 59.5. The summed E-state index contributed by atoms with van der Waals surface area (Å²) in [6.45, 7) is 9.57. The molecule has 0 fully saturated rings. The number of nitrogen functional groups attached to an aromatic ring is 1. The van der Waals surface area contributed by atoms with E-state index in [9.17, 15) is 103 Å². The van der Waals surface area contributed by atoms with Gasteiger partial charge in [0, 0.05) is 81.0 Å². The van der Waals surface area contributed by atoms with E-state index in [1.54, 1.807) is 50.6 Å². The van der Waals surface area contributed by atoms with Gasteiger partial charge in [0.15, 0.2) is 28.4 Å². The Morgan fingerprint density at radius 3 is 1.35 bits per heavy atom. The third kappa shape index (κ3) is 11.7. The minimum absolute atomic E-state index is 0.00683. The second kappa shape index (κ2) is 26.7. The largest absolute Gasteiger partial charge is 0.471 e. The van der Waals surface area contributed by atoms with Crippen molar-refractivity contribution in [3.05, 3.63) is 185 Å². The first-order chi connectivity index (χ1) is 51.7. The number of pyridine rings is 5. The van der Waals surface area contributed by atoms with E-state index in [2.05, 4.69) is 10.3 Å². The number of carbonyl (C=O) groups is 7. The number of anilines is 1. The maximum Gasteiger partial charge on any atom is 0.471 e. The standard InChI is InChI=1S/C26H21F4N3O5.C24H22FN3O4.C13H12F4N2O2.C13H13NO5/c1-3-25(37)14-6-18-21-12(8-33(18)22(34)13(14)9-38-24(25)36)20-16(32-23(35)26(28,29)30)5-4-11-10(2)15(27)7-17(31-21)19(11)20;1-3-24(31)14-6-18-21-12(8-28(18)22(29)13(14)9-32-23(24)30)19-16(26)5-4-11-10(2)15(25)7-17(27-21)20(11)19;1-5-6-2-3-9(19-12(21)13(15,16)17)11(20)10(6)8(18)4-7(5)14;1-2-13(18)8-5-9-10(15)3-4-14(9)11(16)7(8)6-19-12(13)17/h6-7,16,37H,3-5,8-9H2,1-2H3,(H,32,35);6-7,16,31H,3-5,8-9,26H2,1-2H3;4,9H,2-3,18H2,1H3,(H,19,21);5,18H,2-4,6H2,1H3/t16?,25-;16-,24-;;13-/m00.0/s1. The van der Waals surface area contributed by atoms with Crippen molar-refractivity contribution >= 4 is 68.8 Å². The van der Waals surface area contributed by atoms with Crippen molar-refractivity contribution in [2.75, 3.05) is 5.73 Å². The molecule has 110 heavy (non-hydrogen) atoms. The molecule has 6 atom stereocenters. The van der Waals surface area contributed by atoms with Crippen molar-refractivity contribution < 1.29 is 103 Å². The number of ether oxygens (including phenoxy) is 3. The summed E-state index contributed by atoms with van der Waals surface area (Å²) in [6.07, 6.45) is -7.99. The van der Waals surface area contributed by atoms with E-state index in [1.807, 2.05) is 0 Å². The Kier molecular flexibility index (Phi) is 18.4. The molecule has 576 valence electrons. The molecule has 0 spiro atoms. The quantitative estimate of drug-likeness (QED) is 0.0376. The molecule has 9 N–H and O–H groups in total. The fraction of sp³-hybridized carbons (Fsp3) is 0.395. The van der Waals surface area contributed by atoms with Gasteiger partial charge in [-0.1, -0.05) is 20.8 Å². The van der Waals surface area contributed by atoms with E-state index in [4.69, 9.17) is 30.7 Å². The number of halogens is 9. The minimum atomic E-state index is -5.11. The maximum absolute atomic E-state index is 14.8. The third-order valence-corrected chi connectivity index (χ3v) is 22.7. The third-order valence-electron chi connectivity index (χ3n) is 22.7. The molecule has 0 radical (unpaired) electrons. The number of Topliss-reactive ketones (excluding diaryl/α,β-unsaturated/α-hetero) is 2. The molecule has 3 aliphatic carbocycles. The molecule has 0 saturated carbocycles. The van der Waals surface area contributed by atoms with Gasteiger partial charge in [-0.3, -0.25) is 33.6 Å². The number of nitrogens with zero attached hydrogens (tertiary/aromatic N) is 5. The van der Waals surface area contributed by atoms with Crippen LogP contribution in [0.4, 0.5) is 45.2 Å². The van der Waals surface area contributed by atoms with Gasteiger partial charge in [-0.05, 0) is 147 Å². The lowest BCUT2D eigenvalue weighted by Gasteiger charge is -2.31. The predicted octanol–water partition coefficient (Wildman–Crippen LogP) is 7.65. The Balaban J connectivity index is 0.000000127. The number of nitrogens with two attached hydrogens (primary N) is 2. The number of hydrogen-bond acceptors (Lipinski definition) is 20. The highest BCUT2D eigenvalue weighted by Crippen LogP contribution is 2.49. The highest BCUT2D eigenvalue weighted by Gasteiger charge is 2.51. The number of fused-ring (bicyclic) bond motifs is 13. The molecule has 0 saturated heterocycles. The summed E-state index contributed by atoms with van der Waals surface area (Å²) in [6, 6.07) is 5.56. The first kappa shape index (κ1) is 75.8. The van der Waals surface area contributed by atoms with Crippen LogP contribution >= 0.6 is 0 Å². The molecule has 6 aliphatic heterocycles. The van der Waals surface area contributed by atoms with E-state index < -0.39 is 93.9 Å². The normalized spacial score (nSPS) is 22.0. The van der Waals surface area contributed by atoms with Gasteiger partial charge < -0.3 is 65.3 Å². The van der Waals surface area contributed by atoms with E-state index in [1.165, 1.54) is 40.3 Å². The van der Waals surface area contributed by atoms with Gasteiger partial charge >= 0.3 is 42.1 Å². The van der Waals surface area contributed by atoms with Crippen molar-refractivity contribution in [2.24, 2.45) is 5.73 Å². The van der Waals surface area contributed by atoms with Crippen LogP contribution in [-0.2, 0) is 114 Å². The molecule has 3 aromatic carbocycles. The van der Waals surface area contributed by atoms with Crippen LogP contribution in [0.1, 0.15) is 188 Å². The lowest BCUT2D eigenvalue weighted by molar-refractivity contribution is -0.174. The lowest BCUT2D eigenvalue weighted by Crippen LogP contribution is -2.48. The highest BCUT2D eigenvalue weighted by molar-refractivity contribution is 6.08. The average Bonchev–Trinajstić information content (AvgIpc) is 1.52. The zero-order chi connectivity index (χ0) is 79.6. The van der Waals surface area contributed by atoms with Gasteiger partial charge in [0.05, 0.1) is 81.4 Å². The Labute approximate surface area is 615 Å². The fourth-order valence-electron chi connectivity index (χ4n) is 16.6. The number of esters is 3. The Morgan fingerprint density at radius 1 is 0.518 bits per heavy atom. The van der Waals surface area contributed by atoms with E-state index in [0.717, 1.165) is 28.1 Å². The average molecular weight is 1530 g/mol. The number of aliphatic hydroxyl groups is 3. The minimum Gasteiger partial charge on any atom is -0.458 e. The SMILES string of the molecule is CC[C@@]1(O)C(=O)OCc2c1cc1n(c2=O)CCC1=O.CC[C@@]1(O)C(=O)OCc2c1cc1n(c2=O)Cc2c-1nc1cc(F)c(C)c3c1c2C(NC(=O)C(F)(F)F)CC3.CC[C@@]1(O)C(=O)OCc2c1cc1n(c2=O)Cc2c-1nc1cc(F)c(C)c3c1c2[C@@H](N)CC3.Cc1c(F)cc(N)c2c1CCC(NC(=O)C(F)(F)F)C2=O. The Hall–Kier alpha value is -11.0. The number of carbonyl (C=O) groups excluding carboxylic acids is 7. The van der Waals surface area contributed by atoms with E-state index in [-0.39, 0.29) is 186 Å². The summed E-state index contributed by atoms with van der Waals surface area (Å²) in [5, 5.41) is 37.5. The summed E-state index contributed by atoms with van der Waals surface area (Å²) in [4.78, 5) is 132. The molecule has 11 heterocycles. The van der Waals surface area contributed by atoms with Gasteiger partial charge in [0.1, 0.15) is 37.3 Å².